The van der Waals surface area contributed by atoms with Crippen molar-refractivity contribution in [1.82, 2.24) is 74.4 Å². The fourth-order valence-corrected chi connectivity index (χ4v) is 13.9. The van der Waals surface area contributed by atoms with Gasteiger partial charge in [0.25, 0.3) is 0 Å². The maximum absolute atomic E-state index is 15.6. The molecule has 0 bridgehead atoms. The number of nitrogens with one attached hydrogen (secondary N) is 14. The highest BCUT2D eigenvalue weighted by Gasteiger charge is 2.39. The highest BCUT2D eigenvalue weighted by Crippen LogP contribution is 2.44. The number of benzene rings is 2. The molecule has 47 nitrogen and oxygen atoms in total. The van der Waals surface area contributed by atoms with Crippen LogP contribution in [0, 0.1) is 0 Å². The monoisotopic (exact) mass is 2120 g/mol. The molecule has 14 amide bonds. The van der Waals surface area contributed by atoms with E-state index in [0.29, 0.717) is 12.8 Å². The number of esters is 9. The quantitative estimate of drug-likeness (QED) is 0.0249. The van der Waals surface area contributed by atoms with Crippen LogP contribution in [0.1, 0.15) is 306 Å². The van der Waals surface area contributed by atoms with Gasteiger partial charge in [0, 0.05) is 57.3 Å². The van der Waals surface area contributed by atoms with Gasteiger partial charge in [0.2, 0.25) is 76.8 Å². The second-order valence-corrected chi connectivity index (χ2v) is 43.7. The molecule has 3 rings (SSSR count). The molecule has 0 aromatic heterocycles. The molecule has 0 saturated heterocycles. The van der Waals surface area contributed by atoms with Crippen LogP contribution in [-0.2, 0) is 153 Å². The van der Waals surface area contributed by atoms with Crippen LogP contribution in [-0.4, -0.2) is 282 Å². The second-order valence-electron chi connectivity index (χ2n) is 43.7. The molecule has 0 radical (unpaired) electrons. The summed E-state index contributed by atoms with van der Waals surface area (Å²) < 4.78 is 54.5. The highest BCUT2D eigenvalue weighted by atomic mass is 16.6. The van der Waals surface area contributed by atoms with E-state index < -0.39 is 352 Å². The van der Waals surface area contributed by atoms with E-state index in [9.17, 15) is 101 Å². The van der Waals surface area contributed by atoms with E-state index in [0.717, 1.165) is 22.3 Å². The van der Waals surface area contributed by atoms with Gasteiger partial charge < -0.3 is 122 Å². The molecule has 2 aromatic rings. The van der Waals surface area contributed by atoms with Crippen molar-refractivity contribution < 1.29 is 158 Å². The average Bonchev–Trinajstić information content (AvgIpc) is 1.61. The first-order valence-corrected chi connectivity index (χ1v) is 50.0. The van der Waals surface area contributed by atoms with Crippen molar-refractivity contribution in [2.45, 2.75) is 388 Å². The summed E-state index contributed by atoms with van der Waals surface area (Å²) in [5.74, 6) is -23.2. The Morgan fingerprint density at radius 3 is 0.787 bits per heavy atom. The third-order valence-electron chi connectivity index (χ3n) is 20.2. The minimum atomic E-state index is -2.20. The molecule has 0 spiro atoms. The number of alkyl carbamates (subject to hydrolysis) is 1. The molecular weight excluding hydrogens is 1960 g/mol. The lowest BCUT2D eigenvalue weighted by Gasteiger charge is -2.26. The summed E-state index contributed by atoms with van der Waals surface area (Å²) in [6.45, 7) is 33.8. The van der Waals surface area contributed by atoms with Gasteiger partial charge in [-0.05, 0) is 246 Å². The first-order chi connectivity index (χ1) is 69.2. The number of unbranched alkanes of at least 4 members (excludes halogenated alkanes) is 1. The van der Waals surface area contributed by atoms with E-state index in [1.807, 2.05) is 55.5 Å². The molecular formula is C103H158N14O33. The molecule has 8 atom stereocenters. The molecule has 47 heteroatoms. The van der Waals surface area contributed by atoms with Crippen LogP contribution in [0.25, 0.3) is 11.1 Å². The lowest BCUT2D eigenvalue weighted by atomic mass is 9.98. The normalized spacial score (nSPS) is 13.6. The van der Waals surface area contributed by atoms with Crippen molar-refractivity contribution in [1.29, 1.82) is 0 Å². The maximum atomic E-state index is 15.6. The van der Waals surface area contributed by atoms with Crippen LogP contribution in [0.3, 0.4) is 0 Å². The van der Waals surface area contributed by atoms with Crippen molar-refractivity contribution in [3.05, 3.63) is 59.7 Å². The topological polar surface area (TPSA) is 653 Å². The Bertz CT molecular complexity index is 4990. The van der Waals surface area contributed by atoms with Crippen molar-refractivity contribution in [2.24, 2.45) is 0 Å². The highest BCUT2D eigenvalue weighted by molar-refractivity contribution is 5.99. The van der Waals surface area contributed by atoms with Crippen LogP contribution >= 0.6 is 0 Å². The van der Waals surface area contributed by atoms with E-state index in [1.54, 1.807) is 125 Å². The molecule has 0 fully saturated rings. The Labute approximate surface area is 875 Å². The summed E-state index contributed by atoms with van der Waals surface area (Å²) in [7, 11) is 0. The largest absolute Gasteiger partial charge is 0.464 e. The summed E-state index contributed by atoms with van der Waals surface area (Å²) >= 11 is 0. The molecule has 14 N–H and O–H groups in total. The molecule has 1 aliphatic rings. The Hall–Kier alpha value is -13.9. The van der Waals surface area contributed by atoms with Gasteiger partial charge in [-0.3, -0.25) is 86.3 Å². The lowest BCUT2D eigenvalue weighted by Crippen LogP contribution is -2.58. The second kappa shape index (κ2) is 60.6. The minimum Gasteiger partial charge on any atom is -0.464 e. The standard InChI is InChI=1S/C103H158N14O33/c1-26-27-52-141-86(131)58-106-75(120)46-38-67(111-81(126)57-109-95(140)142-59-64-62-34-30-28-32-60(62)61-33-29-31-35-63(61)64)89(134)117-68(90(135)116-66(88(133)108-56-80(125)115-72(94(139)150-103(23,24)25)43-51-85(130)146-99(11,12)13)37-45-74(119)105-54-78(123)113-70(92(137)148-101(17,18)19)41-49-83(128)144-97(5,6)7)39-47-76(121)110-65(87(132)107-55-79(124)114-71(93(138)149-102(20,21)22)42-50-84(129)145-98(8,9)10)36-44-73(118)104-53-77(122)112-69(91(136)147-100(14,15)16)40-48-82(127)143-96(2,3)4/h28-35,64-72H,26-27,36-59H2,1-25H3,(H,104,118)(H,105,119)(H,106,120)(H,107,132)(H,108,133)(H,109,140)(H,110,121)(H,111,126)(H,112,122)(H,113,123)(H,114,124)(H,115,125)(H,116,135)(H,117,134). The van der Waals surface area contributed by atoms with E-state index in [-0.39, 0.29) is 38.9 Å². The van der Waals surface area contributed by atoms with Crippen LogP contribution in [0.4, 0.5) is 4.79 Å². The van der Waals surface area contributed by atoms with Gasteiger partial charge >= 0.3 is 59.8 Å². The third kappa shape index (κ3) is 57.0. The van der Waals surface area contributed by atoms with Gasteiger partial charge in [-0.15, -0.1) is 0 Å². The molecule has 838 valence electrons. The summed E-state index contributed by atoms with van der Waals surface area (Å²) in [6, 6.07) is 0.568. The Kier molecular flexibility index (Phi) is 52.6. The predicted octanol–water partition coefficient (Wildman–Crippen LogP) is 4.30. The molecule has 2 aromatic carbocycles. The summed E-state index contributed by atoms with van der Waals surface area (Å²) in [5.41, 5.74) is -4.84. The van der Waals surface area contributed by atoms with Crippen molar-refractivity contribution >= 4 is 137 Å². The van der Waals surface area contributed by atoms with Gasteiger partial charge in [0.15, 0.2) is 0 Å². The number of fused-ring (bicyclic) bond motifs is 3. The minimum absolute atomic E-state index is 0.00257. The van der Waals surface area contributed by atoms with Crippen LogP contribution in [0.2, 0.25) is 0 Å². The number of carbonyl (C=O) groups excluding carboxylic acids is 23. The zero-order valence-electron chi connectivity index (χ0n) is 91.2. The van der Waals surface area contributed by atoms with E-state index >= 15 is 9.59 Å². The van der Waals surface area contributed by atoms with Crippen LogP contribution in [0.15, 0.2) is 48.5 Å². The number of amides is 14. The Morgan fingerprint density at radius 2 is 0.487 bits per heavy atom. The number of carbonyl (C=O) groups is 23. The average molecular weight is 2120 g/mol. The van der Waals surface area contributed by atoms with Crippen molar-refractivity contribution in [2.75, 3.05) is 52.5 Å². The van der Waals surface area contributed by atoms with Gasteiger partial charge in [0.1, 0.15) is 113 Å². The zero-order chi connectivity index (χ0) is 114. The van der Waals surface area contributed by atoms with Crippen LogP contribution < -0.4 is 74.4 Å². The van der Waals surface area contributed by atoms with Gasteiger partial charge in [-0.1, -0.05) is 61.9 Å². The fraction of sp³-hybridized carbons (Fsp3) is 0.660. The molecule has 8 unspecified atom stereocenters. The van der Waals surface area contributed by atoms with Gasteiger partial charge in [0.05, 0.1) is 32.8 Å². The number of ether oxygens (including phenoxy) is 10. The van der Waals surface area contributed by atoms with Gasteiger partial charge in [-0.25, -0.2) is 24.0 Å². The molecule has 0 heterocycles. The lowest BCUT2D eigenvalue weighted by molar-refractivity contribution is -0.161. The number of hydrogen-bond donors (Lipinski definition) is 14. The summed E-state index contributed by atoms with van der Waals surface area (Å²) in [5, 5.41) is 33.1. The fourth-order valence-electron chi connectivity index (χ4n) is 13.9. The molecule has 0 aliphatic heterocycles. The number of hydrogen-bond acceptors (Lipinski definition) is 33. The van der Waals surface area contributed by atoms with Crippen molar-refractivity contribution in [3.8, 4) is 11.1 Å². The smallest absolute Gasteiger partial charge is 0.407 e. The summed E-state index contributed by atoms with van der Waals surface area (Å²) in [4.78, 5) is 319. The van der Waals surface area contributed by atoms with Crippen LogP contribution in [0.5, 0.6) is 0 Å². The first-order valence-electron chi connectivity index (χ1n) is 50.0. The Morgan fingerprint density at radius 1 is 0.247 bits per heavy atom. The maximum Gasteiger partial charge on any atom is 0.407 e. The first kappa shape index (κ1) is 130. The van der Waals surface area contributed by atoms with E-state index in [2.05, 4.69) is 74.4 Å². The SMILES string of the molecule is CCCCOC(=O)CNC(=O)CCC(NC(=O)CNC(=O)OCC1c2ccccc2-c2ccccc21)C(=O)NC(CCC(=O)NC(CCC(=O)NCC(=O)NC(CCC(=O)OC(C)(C)C)C(=O)OC(C)(C)C)C(=O)NCC(=O)NC(CCC(=O)OC(C)(C)C)C(=O)OC(C)(C)C)C(=O)NC(CCC(=O)NCC(=O)NC(CCC(=O)OC(C)(C)C)C(=O)OC(C)(C)C)C(=O)NCC(=O)NC(CCC(=O)OC(C)(C)C)C(=O)OC(C)(C)C. The number of rotatable bonds is 57. The molecule has 150 heavy (non-hydrogen) atoms. The predicted molar refractivity (Wildman–Crippen MR) is 540 cm³/mol. The molecule has 1 aliphatic carbocycles. The summed E-state index contributed by atoms with van der Waals surface area (Å²) in [6.07, 6.45) is -9.64. The van der Waals surface area contributed by atoms with E-state index in [1.165, 1.54) is 41.5 Å². The third-order valence-corrected chi connectivity index (χ3v) is 20.2. The van der Waals surface area contributed by atoms with Crippen molar-refractivity contribution in [3.63, 3.8) is 0 Å². The zero-order valence-corrected chi connectivity index (χ0v) is 91.2. The Balaban J connectivity index is 2.35. The van der Waals surface area contributed by atoms with Gasteiger partial charge in [-0.2, -0.15) is 0 Å². The van der Waals surface area contributed by atoms with E-state index in [4.69, 9.17) is 47.4 Å². The molecule has 0 saturated carbocycles.